The molecule has 0 bridgehead atoms. The van der Waals surface area contributed by atoms with Crippen molar-refractivity contribution in [2.45, 2.75) is 25.2 Å². The van der Waals surface area contributed by atoms with E-state index >= 15 is 0 Å². The highest BCUT2D eigenvalue weighted by molar-refractivity contribution is 5.90. The van der Waals surface area contributed by atoms with Crippen molar-refractivity contribution in [1.82, 2.24) is 20.1 Å². The van der Waals surface area contributed by atoms with Gasteiger partial charge in [-0.15, -0.1) is 5.10 Å². The lowest BCUT2D eigenvalue weighted by atomic mass is 10.4. The van der Waals surface area contributed by atoms with Gasteiger partial charge in [-0.25, -0.2) is 4.98 Å². The molecule has 0 unspecified atom stereocenters. The molecule has 1 fully saturated rings. The zero-order valence-corrected chi connectivity index (χ0v) is 9.10. The van der Waals surface area contributed by atoms with Gasteiger partial charge in [0.25, 0.3) is 5.91 Å². The van der Waals surface area contributed by atoms with Crippen LogP contribution >= 0.6 is 0 Å². The molecule has 1 N–H and O–H groups in total. The zero-order chi connectivity index (χ0) is 11.5. The van der Waals surface area contributed by atoms with E-state index in [1.54, 1.807) is 7.05 Å². The van der Waals surface area contributed by atoms with Crippen LogP contribution in [0.4, 0.5) is 0 Å². The molecule has 1 aliphatic carbocycles. The Balaban J connectivity index is 1.99. The van der Waals surface area contributed by atoms with E-state index < -0.39 is 0 Å². The number of amides is 1. The van der Waals surface area contributed by atoms with Crippen LogP contribution in [0.15, 0.2) is 0 Å². The van der Waals surface area contributed by atoms with Gasteiger partial charge in [-0.1, -0.05) is 0 Å². The summed E-state index contributed by atoms with van der Waals surface area (Å²) in [5, 5.41) is 15.1. The minimum atomic E-state index is -0.238. The van der Waals surface area contributed by atoms with Crippen LogP contribution in [0.5, 0.6) is 0 Å². The van der Waals surface area contributed by atoms with Crippen LogP contribution in [0, 0.1) is 11.3 Å². The molecule has 1 aromatic heterocycles. The molecule has 16 heavy (non-hydrogen) atoms. The highest BCUT2D eigenvalue weighted by atomic mass is 16.2. The number of hydrogen-bond acceptors (Lipinski definition) is 4. The molecule has 0 aliphatic heterocycles. The van der Waals surface area contributed by atoms with Gasteiger partial charge in [-0.3, -0.25) is 9.89 Å². The molecule has 1 heterocycles. The van der Waals surface area contributed by atoms with Crippen molar-refractivity contribution in [1.29, 1.82) is 5.26 Å². The Bertz CT molecular complexity index is 429. The van der Waals surface area contributed by atoms with Crippen molar-refractivity contribution in [2.75, 3.05) is 13.6 Å². The minimum Gasteiger partial charge on any atom is -0.338 e. The lowest BCUT2D eigenvalue weighted by molar-refractivity contribution is 0.0786. The van der Waals surface area contributed by atoms with Crippen molar-refractivity contribution in [3.8, 4) is 6.07 Å². The number of carbonyl (C=O) groups excluding carboxylic acids is 1. The molecule has 0 aromatic carbocycles. The average molecular weight is 219 g/mol. The third kappa shape index (κ3) is 2.19. The molecular weight excluding hydrogens is 206 g/mol. The Labute approximate surface area is 93.3 Å². The lowest BCUT2D eigenvalue weighted by Gasteiger charge is -2.12. The SMILES string of the molecule is CN(CCC#N)C(=O)c1n[nH]c(C2CC2)n1. The second kappa shape index (κ2) is 4.31. The van der Waals surface area contributed by atoms with Crippen LogP contribution in [0.2, 0.25) is 0 Å². The number of H-pyrrole nitrogens is 1. The Kier molecular flexibility index (Phi) is 2.86. The van der Waals surface area contributed by atoms with Gasteiger partial charge in [0.15, 0.2) is 0 Å². The smallest absolute Gasteiger partial charge is 0.293 e. The standard InChI is InChI=1S/C10H13N5O/c1-15(6-2-5-11)10(16)9-12-8(13-14-9)7-3-4-7/h7H,2-4,6H2,1H3,(H,12,13,14). The number of hydrogen-bond donors (Lipinski definition) is 1. The summed E-state index contributed by atoms with van der Waals surface area (Å²) in [6.07, 6.45) is 2.56. The number of aromatic nitrogens is 3. The first kappa shape index (κ1) is 10.6. The summed E-state index contributed by atoms with van der Waals surface area (Å²) >= 11 is 0. The fraction of sp³-hybridized carbons (Fsp3) is 0.600. The van der Waals surface area contributed by atoms with Crippen LogP contribution in [0.25, 0.3) is 0 Å². The largest absolute Gasteiger partial charge is 0.338 e. The molecule has 6 heteroatoms. The first-order valence-corrected chi connectivity index (χ1v) is 5.27. The van der Waals surface area contributed by atoms with Gasteiger partial charge in [-0.2, -0.15) is 5.26 Å². The molecule has 1 aliphatic rings. The Morgan fingerprint density at radius 3 is 3.06 bits per heavy atom. The summed E-state index contributed by atoms with van der Waals surface area (Å²) in [7, 11) is 1.65. The number of rotatable bonds is 4. The fourth-order valence-corrected chi connectivity index (χ4v) is 1.40. The fourth-order valence-electron chi connectivity index (χ4n) is 1.40. The van der Waals surface area contributed by atoms with Gasteiger partial charge in [-0.05, 0) is 12.8 Å². The quantitative estimate of drug-likeness (QED) is 0.806. The molecule has 0 saturated heterocycles. The van der Waals surface area contributed by atoms with Gasteiger partial charge in [0.1, 0.15) is 5.82 Å². The molecule has 1 saturated carbocycles. The topological polar surface area (TPSA) is 85.7 Å². The molecule has 6 nitrogen and oxygen atoms in total. The van der Waals surface area contributed by atoms with E-state index in [0.717, 1.165) is 18.7 Å². The van der Waals surface area contributed by atoms with Crippen LogP contribution in [-0.2, 0) is 0 Å². The van der Waals surface area contributed by atoms with E-state index in [9.17, 15) is 4.79 Å². The highest BCUT2D eigenvalue weighted by Crippen LogP contribution is 2.37. The van der Waals surface area contributed by atoms with Crippen LogP contribution < -0.4 is 0 Å². The van der Waals surface area contributed by atoms with E-state index in [-0.39, 0.29) is 11.7 Å². The second-order valence-electron chi connectivity index (χ2n) is 3.95. The molecular formula is C10H13N5O. The third-order valence-corrected chi connectivity index (χ3v) is 2.56. The van der Waals surface area contributed by atoms with Crippen LogP contribution in [0.1, 0.15) is 41.6 Å². The van der Waals surface area contributed by atoms with Crippen molar-refractivity contribution in [3.63, 3.8) is 0 Å². The lowest BCUT2D eigenvalue weighted by Crippen LogP contribution is -2.28. The Morgan fingerprint density at radius 2 is 2.44 bits per heavy atom. The number of aromatic amines is 1. The van der Waals surface area contributed by atoms with Gasteiger partial charge < -0.3 is 4.90 Å². The normalized spacial score (nSPS) is 14.5. The van der Waals surface area contributed by atoms with Crippen molar-refractivity contribution in [3.05, 3.63) is 11.6 Å². The van der Waals surface area contributed by atoms with Gasteiger partial charge in [0.2, 0.25) is 5.82 Å². The van der Waals surface area contributed by atoms with Gasteiger partial charge in [0, 0.05) is 19.5 Å². The predicted octanol–water partition coefficient (Wildman–Crippen LogP) is 0.668. The monoisotopic (exact) mass is 219 g/mol. The van der Waals surface area contributed by atoms with Gasteiger partial charge in [0.05, 0.1) is 12.5 Å². The van der Waals surface area contributed by atoms with Crippen molar-refractivity contribution < 1.29 is 4.79 Å². The van der Waals surface area contributed by atoms with E-state index in [0.29, 0.717) is 18.9 Å². The molecule has 84 valence electrons. The van der Waals surface area contributed by atoms with Crippen LogP contribution in [-0.4, -0.2) is 39.6 Å². The first-order valence-electron chi connectivity index (χ1n) is 5.27. The third-order valence-electron chi connectivity index (χ3n) is 2.56. The summed E-state index contributed by atoms with van der Waals surface area (Å²) in [6, 6.07) is 2.00. The van der Waals surface area contributed by atoms with E-state index in [4.69, 9.17) is 5.26 Å². The second-order valence-corrected chi connectivity index (χ2v) is 3.95. The zero-order valence-electron chi connectivity index (χ0n) is 9.10. The minimum absolute atomic E-state index is 0.197. The van der Waals surface area contributed by atoms with Gasteiger partial charge >= 0.3 is 0 Å². The molecule has 2 rings (SSSR count). The van der Waals surface area contributed by atoms with E-state index in [1.807, 2.05) is 6.07 Å². The maximum atomic E-state index is 11.8. The summed E-state index contributed by atoms with van der Waals surface area (Å²) < 4.78 is 0. The number of nitrogens with one attached hydrogen (secondary N) is 1. The number of nitriles is 1. The Hall–Kier alpha value is -1.90. The maximum absolute atomic E-state index is 11.8. The molecule has 0 spiro atoms. The summed E-state index contributed by atoms with van der Waals surface area (Å²) in [6.45, 7) is 0.405. The summed E-state index contributed by atoms with van der Waals surface area (Å²) in [5.74, 6) is 1.22. The summed E-state index contributed by atoms with van der Waals surface area (Å²) in [5.41, 5.74) is 0. The first-order chi connectivity index (χ1) is 7.72. The van der Waals surface area contributed by atoms with E-state index in [1.165, 1.54) is 4.90 Å². The molecule has 1 amide bonds. The highest BCUT2D eigenvalue weighted by Gasteiger charge is 2.28. The average Bonchev–Trinajstić information content (AvgIpc) is 3.03. The number of nitrogens with zero attached hydrogens (tertiary/aromatic N) is 4. The van der Waals surface area contributed by atoms with Crippen molar-refractivity contribution >= 4 is 5.91 Å². The maximum Gasteiger partial charge on any atom is 0.293 e. The Morgan fingerprint density at radius 1 is 1.69 bits per heavy atom. The molecule has 0 atom stereocenters. The van der Waals surface area contributed by atoms with Crippen molar-refractivity contribution in [2.24, 2.45) is 0 Å². The van der Waals surface area contributed by atoms with Crippen LogP contribution in [0.3, 0.4) is 0 Å². The molecule has 0 radical (unpaired) electrons. The molecule has 1 aromatic rings. The summed E-state index contributed by atoms with van der Waals surface area (Å²) in [4.78, 5) is 17.4. The number of carbonyl (C=O) groups is 1. The van der Waals surface area contributed by atoms with E-state index in [2.05, 4.69) is 15.2 Å². The predicted molar refractivity (Wildman–Crippen MR) is 55.5 cm³/mol.